The van der Waals surface area contributed by atoms with Gasteiger partial charge in [0.2, 0.25) is 0 Å². The molecular formula is C21H30N6O2S. The van der Waals surface area contributed by atoms with Gasteiger partial charge in [-0.25, -0.2) is 4.99 Å². The van der Waals surface area contributed by atoms with E-state index in [4.69, 9.17) is 9.47 Å². The maximum absolute atomic E-state index is 9.51. The Morgan fingerprint density at radius 3 is 2.83 bits per heavy atom. The summed E-state index contributed by atoms with van der Waals surface area (Å²) in [5.74, 6) is 1.27. The molecule has 0 aliphatic heterocycles. The second kappa shape index (κ2) is 12.9. The van der Waals surface area contributed by atoms with E-state index in [0.717, 1.165) is 35.7 Å². The van der Waals surface area contributed by atoms with Crippen molar-refractivity contribution in [2.45, 2.75) is 31.3 Å². The number of aromatic amines is 1. The molecule has 30 heavy (non-hydrogen) atoms. The summed E-state index contributed by atoms with van der Waals surface area (Å²) in [6.07, 6.45) is 2.26. The van der Waals surface area contributed by atoms with E-state index in [1.165, 1.54) is 11.9 Å². The summed E-state index contributed by atoms with van der Waals surface area (Å²) < 4.78 is 14.2. The Hall–Kier alpha value is -2.51. The zero-order chi connectivity index (χ0) is 21.8. The number of hydrogen-bond acceptors (Lipinski definition) is 8. The molecule has 162 valence electrons. The van der Waals surface area contributed by atoms with Crippen LogP contribution in [0, 0.1) is 11.3 Å². The third-order valence-electron chi connectivity index (χ3n) is 4.28. The quantitative estimate of drug-likeness (QED) is 0.155. The van der Waals surface area contributed by atoms with Crippen molar-refractivity contribution in [3.8, 4) is 11.8 Å². The first kappa shape index (κ1) is 23.8. The molecule has 0 bridgehead atoms. The van der Waals surface area contributed by atoms with Crippen LogP contribution in [0.4, 0.5) is 11.5 Å². The average Bonchev–Trinajstić information content (AvgIpc) is 3.20. The van der Waals surface area contributed by atoms with Gasteiger partial charge in [-0.15, -0.1) is 0 Å². The molecule has 0 saturated heterocycles. The summed E-state index contributed by atoms with van der Waals surface area (Å²) in [5.41, 5.74) is 2.06. The van der Waals surface area contributed by atoms with Crippen LogP contribution in [-0.4, -0.2) is 45.1 Å². The van der Waals surface area contributed by atoms with Crippen molar-refractivity contribution < 1.29 is 9.47 Å². The normalized spacial score (nSPS) is 11.7. The van der Waals surface area contributed by atoms with Crippen LogP contribution in [0.25, 0.3) is 0 Å². The monoisotopic (exact) mass is 430 g/mol. The largest absolute Gasteiger partial charge is 0.495 e. The van der Waals surface area contributed by atoms with Gasteiger partial charge in [0.15, 0.2) is 0 Å². The van der Waals surface area contributed by atoms with Crippen LogP contribution in [0.15, 0.2) is 34.3 Å². The molecule has 1 heterocycles. The number of H-pyrrole nitrogens is 1. The Morgan fingerprint density at radius 1 is 1.33 bits per heavy atom. The highest BCUT2D eigenvalue weighted by Gasteiger charge is 2.22. The Kier molecular flexibility index (Phi) is 10.2. The highest BCUT2D eigenvalue weighted by Crippen LogP contribution is 2.34. The lowest BCUT2D eigenvalue weighted by Crippen LogP contribution is -2.29. The van der Waals surface area contributed by atoms with Crippen molar-refractivity contribution in [3.05, 3.63) is 35.5 Å². The Bertz CT molecular complexity index is 849. The number of nitrogens with zero attached hydrogens (tertiary/aromatic N) is 2. The number of ether oxygens (including phenoxy) is 2. The van der Waals surface area contributed by atoms with Crippen molar-refractivity contribution in [2.24, 2.45) is 4.99 Å². The number of rotatable bonds is 14. The van der Waals surface area contributed by atoms with Crippen molar-refractivity contribution in [1.29, 1.82) is 5.26 Å². The van der Waals surface area contributed by atoms with E-state index in [1.54, 1.807) is 13.3 Å². The molecule has 0 fully saturated rings. The molecule has 0 spiro atoms. The first-order chi connectivity index (χ1) is 14.7. The number of anilines is 1. The standard InChI is InChI=1S/C21H30N6O2S/c1-5-9-24-21(19-15(13-22)14-25-20(19)23-3)27-17-8-7-16(12-18(17)28-4)30-26-10-11-29-6-2/h7-8,12,14,21,24-27H,3,5-6,9-11H2,1-2,4H3. The lowest BCUT2D eigenvalue weighted by Gasteiger charge is -2.23. The van der Waals surface area contributed by atoms with Gasteiger partial charge in [0.05, 0.1) is 30.5 Å². The fourth-order valence-corrected chi connectivity index (χ4v) is 3.51. The molecule has 8 nitrogen and oxygen atoms in total. The minimum Gasteiger partial charge on any atom is -0.495 e. The van der Waals surface area contributed by atoms with Crippen molar-refractivity contribution in [2.75, 3.05) is 38.7 Å². The molecule has 1 unspecified atom stereocenters. The molecule has 0 aliphatic rings. The number of methoxy groups -OCH3 is 1. The smallest absolute Gasteiger partial charge is 0.143 e. The maximum Gasteiger partial charge on any atom is 0.143 e. The number of nitrogens with one attached hydrogen (secondary N) is 4. The summed E-state index contributed by atoms with van der Waals surface area (Å²) in [6, 6.07) is 8.15. The molecule has 1 aromatic heterocycles. The Labute approximate surface area is 182 Å². The van der Waals surface area contributed by atoms with Gasteiger partial charge < -0.3 is 19.8 Å². The number of nitriles is 1. The Balaban J connectivity index is 2.20. The zero-order valence-corrected chi connectivity index (χ0v) is 18.6. The summed E-state index contributed by atoms with van der Waals surface area (Å²) in [7, 11) is 1.64. The molecule has 1 aromatic carbocycles. The summed E-state index contributed by atoms with van der Waals surface area (Å²) in [4.78, 5) is 8.07. The summed E-state index contributed by atoms with van der Waals surface area (Å²) in [5, 5.41) is 16.4. The van der Waals surface area contributed by atoms with Crippen molar-refractivity contribution in [1.82, 2.24) is 15.0 Å². The van der Waals surface area contributed by atoms with E-state index in [9.17, 15) is 5.26 Å². The average molecular weight is 431 g/mol. The van der Waals surface area contributed by atoms with E-state index in [-0.39, 0.29) is 6.17 Å². The van der Waals surface area contributed by atoms with Crippen LogP contribution < -0.4 is 20.1 Å². The fourth-order valence-electron chi connectivity index (χ4n) is 2.86. The summed E-state index contributed by atoms with van der Waals surface area (Å²) >= 11 is 1.53. The Morgan fingerprint density at radius 2 is 2.17 bits per heavy atom. The van der Waals surface area contributed by atoms with E-state index in [2.05, 4.69) is 45.0 Å². The molecule has 0 radical (unpaired) electrons. The lowest BCUT2D eigenvalue weighted by molar-refractivity contribution is 0.153. The molecule has 0 aliphatic carbocycles. The molecule has 0 amide bonds. The predicted octanol–water partition coefficient (Wildman–Crippen LogP) is 3.97. The van der Waals surface area contributed by atoms with Gasteiger partial charge in [-0.3, -0.25) is 10.0 Å². The number of benzene rings is 1. The van der Waals surface area contributed by atoms with Crippen LogP contribution in [-0.2, 0) is 4.74 Å². The van der Waals surface area contributed by atoms with E-state index < -0.39 is 0 Å². The van der Waals surface area contributed by atoms with Gasteiger partial charge in [-0.1, -0.05) is 6.92 Å². The third kappa shape index (κ3) is 6.50. The second-order valence-corrected chi connectivity index (χ2v) is 7.29. The molecule has 4 N–H and O–H groups in total. The third-order valence-corrected chi connectivity index (χ3v) is 5.12. The number of aliphatic imine (C=N–C) groups is 1. The van der Waals surface area contributed by atoms with Gasteiger partial charge in [-0.05, 0) is 56.8 Å². The zero-order valence-electron chi connectivity index (χ0n) is 17.7. The van der Waals surface area contributed by atoms with Crippen LogP contribution in [0.5, 0.6) is 5.75 Å². The first-order valence-electron chi connectivity index (χ1n) is 9.91. The predicted molar refractivity (Wildman–Crippen MR) is 123 cm³/mol. The number of aromatic nitrogens is 1. The highest BCUT2D eigenvalue weighted by atomic mass is 32.2. The number of hydrogen-bond donors (Lipinski definition) is 4. The maximum atomic E-state index is 9.51. The molecular weight excluding hydrogens is 400 g/mol. The van der Waals surface area contributed by atoms with E-state index >= 15 is 0 Å². The SMILES string of the molecule is C=Nc1[nH]cc(C#N)c1C(NCCC)Nc1ccc(SNCCOCC)cc1OC. The minimum absolute atomic E-state index is 0.330. The first-order valence-corrected chi connectivity index (χ1v) is 10.7. The van der Waals surface area contributed by atoms with Crippen LogP contribution >= 0.6 is 11.9 Å². The van der Waals surface area contributed by atoms with E-state index in [0.29, 0.717) is 30.3 Å². The van der Waals surface area contributed by atoms with Gasteiger partial charge in [0, 0.05) is 24.2 Å². The van der Waals surface area contributed by atoms with Gasteiger partial charge in [0.1, 0.15) is 23.8 Å². The molecule has 0 saturated carbocycles. The van der Waals surface area contributed by atoms with Crippen LogP contribution in [0.3, 0.4) is 0 Å². The minimum atomic E-state index is -0.330. The molecule has 2 aromatic rings. The van der Waals surface area contributed by atoms with Gasteiger partial charge >= 0.3 is 0 Å². The lowest BCUT2D eigenvalue weighted by atomic mass is 10.1. The van der Waals surface area contributed by atoms with Gasteiger partial charge in [-0.2, -0.15) is 5.26 Å². The molecule has 9 heteroatoms. The fraction of sp³-hybridized carbons (Fsp3) is 0.429. The molecule has 1 atom stereocenters. The highest BCUT2D eigenvalue weighted by molar-refractivity contribution is 7.97. The van der Waals surface area contributed by atoms with Crippen LogP contribution in [0.1, 0.15) is 37.6 Å². The van der Waals surface area contributed by atoms with E-state index in [1.807, 2.05) is 25.1 Å². The summed E-state index contributed by atoms with van der Waals surface area (Å²) in [6.45, 7) is 10.6. The second-order valence-electron chi connectivity index (χ2n) is 6.32. The topological polar surface area (TPSA) is 106 Å². The van der Waals surface area contributed by atoms with Crippen molar-refractivity contribution >= 4 is 30.2 Å². The van der Waals surface area contributed by atoms with Gasteiger partial charge in [0.25, 0.3) is 0 Å². The molecule has 2 rings (SSSR count). The van der Waals surface area contributed by atoms with Crippen molar-refractivity contribution in [3.63, 3.8) is 0 Å². The van der Waals surface area contributed by atoms with Crippen LogP contribution in [0.2, 0.25) is 0 Å².